The van der Waals surface area contributed by atoms with Crippen LogP contribution in [0.5, 0.6) is 0 Å². The van der Waals surface area contributed by atoms with Gasteiger partial charge in [0, 0.05) is 32.5 Å². The molecule has 164 valence electrons. The molecule has 2 aliphatic rings. The largest absolute Gasteiger partial charge is 0.378 e. The number of amides is 2. The Morgan fingerprint density at radius 2 is 1.87 bits per heavy atom. The van der Waals surface area contributed by atoms with Gasteiger partial charge in [-0.15, -0.1) is 0 Å². The maximum absolute atomic E-state index is 13.2. The summed E-state index contributed by atoms with van der Waals surface area (Å²) in [7, 11) is 0. The van der Waals surface area contributed by atoms with Crippen LogP contribution in [-0.4, -0.2) is 54.0 Å². The number of ether oxygens (including phenoxy) is 1. The molecule has 7 heteroatoms. The molecule has 0 unspecified atom stereocenters. The topological polar surface area (TPSA) is 74.8 Å². The average Bonchev–Trinajstić information content (AvgIpc) is 2.79. The van der Waals surface area contributed by atoms with E-state index in [2.05, 4.69) is 15.2 Å². The van der Waals surface area contributed by atoms with Gasteiger partial charge in [-0.2, -0.15) is 0 Å². The number of benzene rings is 1. The third kappa shape index (κ3) is 5.05. The van der Waals surface area contributed by atoms with Crippen LogP contribution in [0.15, 0.2) is 42.6 Å². The molecule has 2 aliphatic heterocycles. The zero-order valence-electron chi connectivity index (χ0n) is 18.2. The number of carbonyl (C=O) groups is 2. The predicted octanol–water partition coefficient (Wildman–Crippen LogP) is 2.86. The molecule has 0 spiro atoms. The van der Waals surface area contributed by atoms with E-state index in [9.17, 15) is 9.59 Å². The first-order valence-corrected chi connectivity index (χ1v) is 11.0. The Kier molecular flexibility index (Phi) is 6.51. The van der Waals surface area contributed by atoms with Gasteiger partial charge in [0.2, 0.25) is 11.8 Å². The second-order valence-electron chi connectivity index (χ2n) is 8.60. The van der Waals surface area contributed by atoms with Crippen molar-refractivity contribution in [2.24, 2.45) is 5.92 Å². The quantitative estimate of drug-likeness (QED) is 0.802. The van der Waals surface area contributed by atoms with Crippen LogP contribution in [0.2, 0.25) is 0 Å². The number of fused-ring (bicyclic) bond motifs is 1. The summed E-state index contributed by atoms with van der Waals surface area (Å²) < 4.78 is 5.39. The normalized spacial score (nSPS) is 18.6. The first-order valence-electron chi connectivity index (χ1n) is 11.0. The number of morpholine rings is 1. The molecule has 2 amide bonds. The number of anilines is 2. The smallest absolute Gasteiger partial charge is 0.248 e. The van der Waals surface area contributed by atoms with Crippen LogP contribution in [0.4, 0.5) is 11.5 Å². The zero-order chi connectivity index (χ0) is 21.8. The Balaban J connectivity index is 1.49. The van der Waals surface area contributed by atoms with E-state index in [0.717, 1.165) is 29.9 Å². The van der Waals surface area contributed by atoms with E-state index in [1.165, 1.54) is 0 Å². The van der Waals surface area contributed by atoms with Crippen LogP contribution >= 0.6 is 0 Å². The highest BCUT2D eigenvalue weighted by molar-refractivity contribution is 5.97. The summed E-state index contributed by atoms with van der Waals surface area (Å²) in [5, 5.41) is 2.92. The van der Waals surface area contributed by atoms with Crippen molar-refractivity contribution in [3.8, 4) is 0 Å². The summed E-state index contributed by atoms with van der Waals surface area (Å²) in [6.45, 7) is 7.59. The molecule has 1 saturated heterocycles. The van der Waals surface area contributed by atoms with Crippen molar-refractivity contribution < 1.29 is 14.3 Å². The summed E-state index contributed by atoms with van der Waals surface area (Å²) in [5.41, 5.74) is 3.24. The number of hydrogen-bond donors (Lipinski definition) is 1. The molecular weight excluding hydrogens is 392 g/mol. The number of carbonyl (C=O) groups excluding carboxylic acids is 2. The van der Waals surface area contributed by atoms with Gasteiger partial charge in [0.05, 0.1) is 25.1 Å². The fraction of sp³-hybridized carbons (Fsp3) is 0.458. The molecule has 31 heavy (non-hydrogen) atoms. The number of nitrogens with one attached hydrogen (secondary N) is 1. The van der Waals surface area contributed by atoms with Gasteiger partial charge < -0.3 is 19.9 Å². The number of aromatic nitrogens is 1. The zero-order valence-corrected chi connectivity index (χ0v) is 18.2. The van der Waals surface area contributed by atoms with Crippen molar-refractivity contribution in [3.05, 3.63) is 53.7 Å². The summed E-state index contributed by atoms with van der Waals surface area (Å²) in [6, 6.07) is 11.3. The van der Waals surface area contributed by atoms with E-state index >= 15 is 0 Å². The van der Waals surface area contributed by atoms with Gasteiger partial charge in [0.25, 0.3) is 0 Å². The highest BCUT2D eigenvalue weighted by Gasteiger charge is 2.34. The van der Waals surface area contributed by atoms with Gasteiger partial charge in [-0.05, 0) is 29.2 Å². The third-order valence-corrected chi connectivity index (χ3v) is 5.83. The molecule has 1 fully saturated rings. The lowest BCUT2D eigenvalue weighted by Crippen LogP contribution is -2.50. The van der Waals surface area contributed by atoms with E-state index in [1.54, 1.807) is 11.1 Å². The minimum absolute atomic E-state index is 0.0141. The average molecular weight is 423 g/mol. The second-order valence-corrected chi connectivity index (χ2v) is 8.60. The highest BCUT2D eigenvalue weighted by Crippen LogP contribution is 2.26. The van der Waals surface area contributed by atoms with E-state index in [0.29, 0.717) is 38.4 Å². The molecular formula is C24H30N4O3. The Morgan fingerprint density at radius 1 is 1.13 bits per heavy atom. The van der Waals surface area contributed by atoms with Crippen LogP contribution in [-0.2, 0) is 27.3 Å². The molecule has 1 N–H and O–H groups in total. The van der Waals surface area contributed by atoms with Crippen molar-refractivity contribution in [1.82, 2.24) is 9.88 Å². The molecule has 0 bridgehead atoms. The van der Waals surface area contributed by atoms with Crippen LogP contribution in [0.3, 0.4) is 0 Å². The molecule has 0 radical (unpaired) electrons. The van der Waals surface area contributed by atoms with Gasteiger partial charge in [0.15, 0.2) is 0 Å². The van der Waals surface area contributed by atoms with Gasteiger partial charge in [-0.1, -0.05) is 38.1 Å². The number of nitrogens with zero attached hydrogens (tertiary/aromatic N) is 3. The number of pyridine rings is 1. The lowest BCUT2D eigenvalue weighted by molar-refractivity contribution is -0.140. The van der Waals surface area contributed by atoms with Crippen molar-refractivity contribution in [2.45, 2.75) is 39.3 Å². The monoisotopic (exact) mass is 422 g/mol. The van der Waals surface area contributed by atoms with E-state index in [1.807, 2.05) is 50.2 Å². The molecule has 1 aromatic carbocycles. The van der Waals surface area contributed by atoms with Crippen LogP contribution < -0.4 is 10.2 Å². The molecule has 0 aliphatic carbocycles. The molecule has 2 aromatic rings. The van der Waals surface area contributed by atoms with E-state index in [4.69, 9.17) is 4.74 Å². The molecule has 1 atom stereocenters. The molecule has 7 nitrogen and oxygen atoms in total. The van der Waals surface area contributed by atoms with Crippen molar-refractivity contribution in [1.29, 1.82) is 0 Å². The fourth-order valence-electron chi connectivity index (χ4n) is 4.16. The van der Waals surface area contributed by atoms with E-state index < -0.39 is 6.04 Å². The minimum atomic E-state index is -0.540. The highest BCUT2D eigenvalue weighted by atomic mass is 16.5. The Bertz CT molecular complexity index is 923. The summed E-state index contributed by atoms with van der Waals surface area (Å²) in [5.74, 6) is 0.554. The van der Waals surface area contributed by atoms with Crippen molar-refractivity contribution >= 4 is 23.3 Å². The van der Waals surface area contributed by atoms with Crippen LogP contribution in [0, 0.1) is 5.92 Å². The summed E-state index contributed by atoms with van der Waals surface area (Å²) >= 11 is 0. The second kappa shape index (κ2) is 9.47. The van der Waals surface area contributed by atoms with Gasteiger partial charge >= 0.3 is 0 Å². The van der Waals surface area contributed by atoms with E-state index in [-0.39, 0.29) is 17.7 Å². The summed E-state index contributed by atoms with van der Waals surface area (Å²) in [4.78, 5) is 34.5. The lowest BCUT2D eigenvalue weighted by atomic mass is 9.92. The third-order valence-electron chi connectivity index (χ3n) is 5.83. The first kappa shape index (κ1) is 21.3. The molecule has 3 heterocycles. The molecule has 1 aromatic heterocycles. The van der Waals surface area contributed by atoms with Crippen LogP contribution in [0.1, 0.15) is 31.4 Å². The number of rotatable bonds is 5. The standard InChI is InChI=1S/C24H30N4O3/c1-17(2)13-23(29)28-16-19-6-4-3-5-18(19)14-21(28)24(30)26-22-8-7-20(15-25-22)27-9-11-31-12-10-27/h3-8,15,17,21H,9-14,16H2,1-2H3,(H,25,26,30)/t21-/m1/s1. The Morgan fingerprint density at radius 3 is 2.55 bits per heavy atom. The molecule has 4 rings (SSSR count). The SMILES string of the molecule is CC(C)CC(=O)N1Cc2ccccc2C[C@@H]1C(=O)Nc1ccc(N2CCOCC2)cn1. The van der Waals surface area contributed by atoms with Crippen LogP contribution in [0.25, 0.3) is 0 Å². The Labute approximate surface area is 183 Å². The van der Waals surface area contributed by atoms with Gasteiger partial charge in [-0.25, -0.2) is 4.98 Å². The fourth-order valence-corrected chi connectivity index (χ4v) is 4.16. The van der Waals surface area contributed by atoms with Crippen molar-refractivity contribution in [3.63, 3.8) is 0 Å². The number of hydrogen-bond acceptors (Lipinski definition) is 5. The minimum Gasteiger partial charge on any atom is -0.378 e. The predicted molar refractivity (Wildman–Crippen MR) is 120 cm³/mol. The maximum Gasteiger partial charge on any atom is 0.248 e. The lowest BCUT2D eigenvalue weighted by Gasteiger charge is -2.36. The Hall–Kier alpha value is -2.93. The summed E-state index contributed by atoms with van der Waals surface area (Å²) in [6.07, 6.45) is 2.72. The van der Waals surface area contributed by atoms with Gasteiger partial charge in [-0.3, -0.25) is 9.59 Å². The molecule has 0 saturated carbocycles. The maximum atomic E-state index is 13.2. The van der Waals surface area contributed by atoms with Gasteiger partial charge in [0.1, 0.15) is 11.9 Å². The van der Waals surface area contributed by atoms with Crippen molar-refractivity contribution in [2.75, 3.05) is 36.5 Å². The first-order chi connectivity index (χ1) is 15.0.